The number of aliphatic carboxylic acids is 2. The van der Waals surface area contributed by atoms with Gasteiger partial charge < -0.3 is 104 Å². The van der Waals surface area contributed by atoms with Gasteiger partial charge in [-0.3, -0.25) is 72.0 Å². The van der Waals surface area contributed by atoms with Crippen LogP contribution < -0.4 is 59.3 Å². The molecule has 664 valence electrons. The average Bonchev–Trinajstić information content (AvgIpc) is 1.66. The number of carbonyl (C=O) groups is 14. The van der Waals surface area contributed by atoms with E-state index in [9.17, 15) is 82.4 Å². The Labute approximate surface area is 705 Å². The number of likely N-dealkylation sites (tertiary alicyclic amines) is 2. The lowest BCUT2D eigenvalue weighted by atomic mass is 10.0. The van der Waals surface area contributed by atoms with Gasteiger partial charge in [0.05, 0.1) is 63.3 Å². The summed E-state index contributed by atoms with van der Waals surface area (Å²) in [5.74, 6) is -10.3. The van der Waals surface area contributed by atoms with E-state index < -0.39 is 132 Å². The van der Waals surface area contributed by atoms with E-state index in [1.165, 1.54) is 53.4 Å². The zero-order chi connectivity index (χ0) is 86.9. The van der Waals surface area contributed by atoms with Crippen molar-refractivity contribution in [3.05, 3.63) is 71.3 Å². The average molecular weight is 1710 g/mol. The predicted octanol–water partition coefficient (Wildman–Crippen LogP) is -0.561. The van der Waals surface area contributed by atoms with Gasteiger partial charge >= 0.3 is 11.9 Å². The Morgan fingerprint density at radius 2 is 1.14 bits per heavy atom. The van der Waals surface area contributed by atoms with E-state index in [0.29, 0.717) is 168 Å². The smallest absolute Gasteiger partial charge is 0.305 e. The molecule has 0 bridgehead atoms. The number of benzene rings is 2. The number of aliphatic hydroxyl groups excluding tert-OH is 1. The molecule has 0 aliphatic carbocycles. The van der Waals surface area contributed by atoms with Crippen molar-refractivity contribution < 1.29 is 96.7 Å². The number of primary amides is 1. The number of aliphatic hydroxyl groups is 1. The molecule has 36 nitrogen and oxygen atoms in total. The summed E-state index contributed by atoms with van der Waals surface area (Å²) in [6, 6.07) is 9.08. The Balaban J connectivity index is 1.10. The molecule has 3 aliphatic heterocycles. The number of thioether (sulfide) groups is 2. The Morgan fingerprint density at radius 1 is 0.563 bits per heavy atom. The third kappa shape index (κ3) is 39.1. The van der Waals surface area contributed by atoms with Gasteiger partial charge in [-0.15, -0.1) is 0 Å². The fraction of sp³-hybridized carbons (Fsp3) is 0.667. The van der Waals surface area contributed by atoms with E-state index in [2.05, 4.69) is 57.7 Å². The minimum atomic E-state index is -1.44. The van der Waals surface area contributed by atoms with E-state index in [4.69, 9.17) is 25.7 Å². The molecule has 0 saturated carbocycles. The van der Waals surface area contributed by atoms with Crippen LogP contribution in [0.3, 0.4) is 0 Å². The number of carboxylic acid groups (broad SMARTS) is 2. The highest BCUT2D eigenvalue weighted by Crippen LogP contribution is 2.28. The molecule has 10 atom stereocenters. The van der Waals surface area contributed by atoms with Crippen molar-refractivity contribution in [1.29, 1.82) is 0 Å². The molecule has 0 spiro atoms. The highest BCUT2D eigenvalue weighted by Gasteiger charge is 2.43. The SMILES string of the molecule is CCCC[C@H](NC(=O)CCC(=O)NCCCOCCOCCOCCCNC(=O)CN1CCN(C(=O)C(CNCC)CNCCN)CC1)C(=O)N=CC(CSCc1cccc(CSC[C@H](NC(=O)[C@H](Cc2ccccc2)NC(=O)[C@H](CCC(=O)O)NC(=O)[C@@H](C)[C@@H](C)O)C(=O)NCCC(=O)O)c1)C(=O)N1CCC[C@H]1C(=O)N1CCC[C@H]1C(N)=O. The lowest BCUT2D eigenvalue weighted by Crippen LogP contribution is -2.58. The van der Waals surface area contributed by atoms with Crippen LogP contribution in [0.2, 0.25) is 0 Å². The number of nitrogens with zero attached hydrogens (tertiary/aromatic N) is 5. The number of piperazine rings is 1. The quantitative estimate of drug-likeness (QED) is 0.0292. The number of carbonyl (C=O) groups excluding carboxylic acids is 12. The van der Waals surface area contributed by atoms with E-state index in [1.807, 2.05) is 43.0 Å². The second kappa shape index (κ2) is 57.5. The van der Waals surface area contributed by atoms with Crippen molar-refractivity contribution in [2.24, 2.45) is 34.2 Å². The van der Waals surface area contributed by atoms with Crippen LogP contribution in [0.25, 0.3) is 0 Å². The summed E-state index contributed by atoms with van der Waals surface area (Å²) in [6.45, 7) is 15.6. The van der Waals surface area contributed by atoms with Crippen LogP contribution in [0.5, 0.6) is 0 Å². The Kier molecular flexibility index (Phi) is 48.7. The molecule has 3 fully saturated rings. The van der Waals surface area contributed by atoms with Crippen molar-refractivity contribution in [1.82, 2.24) is 67.5 Å². The zero-order valence-electron chi connectivity index (χ0n) is 69.3. The molecular formula is C81H128N16O20S2. The Morgan fingerprint density at radius 3 is 1.76 bits per heavy atom. The minimum absolute atomic E-state index is 0.0545. The fourth-order valence-corrected chi connectivity index (χ4v) is 15.3. The van der Waals surface area contributed by atoms with Gasteiger partial charge in [0.25, 0.3) is 5.91 Å². The molecule has 38 heteroatoms. The molecule has 0 aromatic heterocycles. The number of carboxylic acids is 2. The van der Waals surface area contributed by atoms with Gasteiger partial charge in [0.1, 0.15) is 36.3 Å². The van der Waals surface area contributed by atoms with Crippen LogP contribution >= 0.6 is 23.5 Å². The first-order valence-corrected chi connectivity index (χ1v) is 43.8. The molecule has 2 aromatic rings. The van der Waals surface area contributed by atoms with Gasteiger partial charge in [0.2, 0.25) is 65.0 Å². The maximum absolute atomic E-state index is 14.8. The van der Waals surface area contributed by atoms with E-state index >= 15 is 0 Å². The highest BCUT2D eigenvalue weighted by molar-refractivity contribution is 7.98. The summed E-state index contributed by atoms with van der Waals surface area (Å²) in [5.41, 5.74) is 13.5. The standard InChI is InChI=1S/C81H128N16O20S2/c1-5-7-20-62(90-69(100)25-24-68(99)86-29-14-39-115-41-43-117-44-42-116-40-15-30-87-70(101)50-94-35-37-95(38-36-94)79(112)60(47-84-6-2)48-85-32-28-82)75(108)89-49-61(80(113)97-34-13-22-67(97)81(114)96-33-12-21-66(96)73(83)106)53-118-51-58-18-11-19-59(45-58)52-119-54-65(76(109)88-31-27-72(104)105)93-78(111)64(46-57-16-9-8-10-17-57)92-77(110)63(23-26-71(102)103)91-74(107)55(3)56(4)98/h8-11,16-19,45,49,55-56,60-67,84-85,98H,5-7,12-15,20-44,46-48,50-54,82H2,1-4H3,(H2,83,106)(H,86,99)(H,87,101)(H,88,109)(H,90,100)(H,91,107)(H,92,110)(H,93,111)(H,102,103)(H,104,105)/t55-,56+,60?,61?,62-,63-,64-,65-,66-,67-/m0/s1. The summed E-state index contributed by atoms with van der Waals surface area (Å²) >= 11 is 2.60. The number of hydrogen-bond acceptors (Lipinski definition) is 24. The zero-order valence-corrected chi connectivity index (χ0v) is 71.0. The van der Waals surface area contributed by atoms with Gasteiger partial charge in [-0.25, -0.2) is 4.99 Å². The number of nitrogens with one attached hydrogen (secondary N) is 9. The number of ether oxygens (including phenoxy) is 3. The predicted molar refractivity (Wildman–Crippen MR) is 449 cm³/mol. The molecule has 119 heavy (non-hydrogen) atoms. The topological polar surface area (TPSA) is 513 Å². The van der Waals surface area contributed by atoms with Gasteiger partial charge in [-0.05, 0) is 81.5 Å². The van der Waals surface area contributed by atoms with Crippen LogP contribution in [0.1, 0.15) is 134 Å². The second-order valence-corrected chi connectivity index (χ2v) is 31.8. The lowest BCUT2D eigenvalue weighted by Gasteiger charge is -2.36. The maximum atomic E-state index is 14.8. The van der Waals surface area contributed by atoms with Gasteiger partial charge in [-0.2, -0.15) is 23.5 Å². The van der Waals surface area contributed by atoms with Crippen LogP contribution in [0.4, 0.5) is 0 Å². The van der Waals surface area contributed by atoms with E-state index in [0.717, 1.165) is 17.7 Å². The number of aliphatic imine (C=N–C) groups is 1. The van der Waals surface area contributed by atoms with Gasteiger partial charge in [-0.1, -0.05) is 88.2 Å². The summed E-state index contributed by atoms with van der Waals surface area (Å²) in [4.78, 5) is 197. The summed E-state index contributed by atoms with van der Waals surface area (Å²) < 4.78 is 16.9. The number of nitrogens with two attached hydrogens (primary N) is 2. The molecule has 2 unspecified atom stereocenters. The van der Waals surface area contributed by atoms with Gasteiger partial charge in [0, 0.05) is 153 Å². The molecule has 5 rings (SSSR count). The first-order valence-electron chi connectivity index (χ1n) is 41.5. The largest absolute Gasteiger partial charge is 0.481 e. The molecule has 16 N–H and O–H groups in total. The van der Waals surface area contributed by atoms with Crippen LogP contribution in [0, 0.1) is 17.8 Å². The molecule has 0 radical (unpaired) electrons. The third-order valence-electron chi connectivity index (χ3n) is 20.2. The van der Waals surface area contributed by atoms with Crippen LogP contribution in [-0.4, -0.2) is 316 Å². The fourth-order valence-electron chi connectivity index (χ4n) is 13.3. The van der Waals surface area contributed by atoms with Gasteiger partial charge in [0.15, 0.2) is 0 Å². The summed E-state index contributed by atoms with van der Waals surface area (Å²) in [7, 11) is 0. The third-order valence-corrected chi connectivity index (χ3v) is 22.5. The molecular weight excluding hydrogens is 1580 g/mol. The van der Waals surface area contributed by atoms with Crippen molar-refractivity contribution in [3.8, 4) is 0 Å². The monoisotopic (exact) mass is 1710 g/mol. The normalized spacial score (nSPS) is 16.9. The lowest BCUT2D eigenvalue weighted by molar-refractivity contribution is -0.146. The number of amides is 12. The molecule has 2 aromatic carbocycles. The highest BCUT2D eigenvalue weighted by atomic mass is 32.2. The first kappa shape index (κ1) is 101. The molecule has 3 aliphatic rings. The Hall–Kier alpha value is -8.73. The van der Waals surface area contributed by atoms with E-state index in [-0.39, 0.29) is 99.2 Å². The second-order valence-electron chi connectivity index (χ2n) is 29.7. The number of rotatable bonds is 60. The summed E-state index contributed by atoms with van der Waals surface area (Å²) in [5, 5.41) is 54.3. The molecule has 3 heterocycles. The maximum Gasteiger partial charge on any atom is 0.305 e. The number of hydrogen-bond donors (Lipinski definition) is 14. The van der Waals surface area contributed by atoms with Crippen molar-refractivity contribution in [3.63, 3.8) is 0 Å². The summed E-state index contributed by atoms with van der Waals surface area (Å²) in [6.07, 6.45) is 2.66. The molecule has 12 amide bonds. The molecule has 3 saturated heterocycles. The number of unbranched alkanes of at least 4 members (excludes halogenated alkanes) is 1. The van der Waals surface area contributed by atoms with Crippen LogP contribution in [0.15, 0.2) is 59.6 Å². The Bertz CT molecular complexity index is 3570. The van der Waals surface area contributed by atoms with Crippen molar-refractivity contribution in [2.75, 3.05) is 149 Å². The van der Waals surface area contributed by atoms with Crippen molar-refractivity contribution >= 4 is 113 Å². The minimum Gasteiger partial charge on any atom is -0.481 e. The first-order chi connectivity index (χ1) is 57.2. The van der Waals surface area contributed by atoms with Crippen molar-refractivity contribution in [2.45, 2.75) is 178 Å². The van der Waals surface area contributed by atoms with Crippen LogP contribution in [-0.2, 0) is 99.3 Å². The van der Waals surface area contributed by atoms with E-state index in [1.54, 1.807) is 30.3 Å².